The lowest BCUT2D eigenvalue weighted by Gasteiger charge is -2.31. The third-order valence-corrected chi connectivity index (χ3v) is 6.12. The summed E-state index contributed by atoms with van der Waals surface area (Å²) in [5, 5.41) is 0.539. The lowest BCUT2D eigenvalue weighted by atomic mass is 10.2. The molecule has 3 rings (SSSR count). The SMILES string of the molecule is O=S(=O)(c1ccc(Cl)cc1)N1CC[NH+](c2ccccc2)CC1.[Cl-]. The third kappa shape index (κ3) is 4.05. The Balaban J connectivity index is 0.00000192. The number of hydrogen-bond donors (Lipinski definition) is 1. The number of nitrogens with zero attached hydrogens (tertiary/aromatic N) is 1. The number of rotatable bonds is 3. The summed E-state index contributed by atoms with van der Waals surface area (Å²) in [5.74, 6) is 0. The molecule has 1 N–H and O–H groups in total. The van der Waals surface area contributed by atoms with Gasteiger partial charge < -0.3 is 17.3 Å². The highest BCUT2D eigenvalue weighted by atomic mass is 35.5. The molecule has 0 saturated carbocycles. The van der Waals surface area contributed by atoms with Gasteiger partial charge in [0.25, 0.3) is 0 Å². The van der Waals surface area contributed by atoms with Crippen LogP contribution in [0.2, 0.25) is 5.02 Å². The van der Waals surface area contributed by atoms with Crippen molar-refractivity contribution < 1.29 is 25.7 Å². The zero-order valence-corrected chi connectivity index (χ0v) is 14.8. The molecule has 0 spiro atoms. The fraction of sp³-hybridized carbons (Fsp3) is 0.250. The number of nitrogens with one attached hydrogen (secondary N) is 1. The maximum Gasteiger partial charge on any atom is 0.243 e. The quantitative estimate of drug-likeness (QED) is 0.717. The minimum Gasteiger partial charge on any atom is -1.00 e. The second-order valence-corrected chi connectivity index (χ2v) is 7.70. The number of quaternary nitrogens is 1. The van der Waals surface area contributed by atoms with Gasteiger partial charge in [-0.05, 0) is 36.4 Å². The molecule has 0 aromatic heterocycles. The molecule has 0 bridgehead atoms. The highest BCUT2D eigenvalue weighted by Crippen LogP contribution is 2.18. The molecule has 1 saturated heterocycles. The molecule has 124 valence electrons. The zero-order valence-electron chi connectivity index (χ0n) is 12.5. The fourth-order valence-electron chi connectivity index (χ4n) is 2.71. The van der Waals surface area contributed by atoms with Gasteiger partial charge in [-0.2, -0.15) is 4.31 Å². The van der Waals surface area contributed by atoms with Crippen molar-refractivity contribution in [3.63, 3.8) is 0 Å². The van der Waals surface area contributed by atoms with E-state index in [2.05, 4.69) is 12.1 Å². The second kappa shape index (κ2) is 7.64. The van der Waals surface area contributed by atoms with E-state index in [-0.39, 0.29) is 12.4 Å². The van der Waals surface area contributed by atoms with Crippen LogP contribution in [-0.4, -0.2) is 38.9 Å². The van der Waals surface area contributed by atoms with Crippen molar-refractivity contribution in [3.05, 3.63) is 59.6 Å². The standard InChI is InChI=1S/C16H17ClN2O2S.ClH/c17-14-6-8-16(9-7-14)22(20,21)19-12-10-18(11-13-19)15-4-2-1-3-5-15;/h1-9H,10-13H2;1H. The molecular formula is C16H18Cl2N2O2S. The van der Waals surface area contributed by atoms with Crippen LogP contribution >= 0.6 is 11.6 Å². The predicted molar refractivity (Wildman–Crippen MR) is 87.0 cm³/mol. The van der Waals surface area contributed by atoms with Gasteiger partial charge in [-0.15, -0.1) is 0 Å². The average molecular weight is 373 g/mol. The molecule has 1 heterocycles. The van der Waals surface area contributed by atoms with Crippen molar-refractivity contribution in [3.8, 4) is 0 Å². The number of benzene rings is 2. The summed E-state index contributed by atoms with van der Waals surface area (Å²) in [5.41, 5.74) is 1.21. The number of sulfonamides is 1. The summed E-state index contributed by atoms with van der Waals surface area (Å²) in [6.07, 6.45) is 0. The predicted octanol–water partition coefficient (Wildman–Crippen LogP) is -1.44. The van der Waals surface area contributed by atoms with E-state index in [0.717, 1.165) is 13.1 Å². The fourth-order valence-corrected chi connectivity index (χ4v) is 4.28. The van der Waals surface area contributed by atoms with Gasteiger partial charge >= 0.3 is 0 Å². The monoisotopic (exact) mass is 372 g/mol. The van der Waals surface area contributed by atoms with Crippen LogP contribution in [0.25, 0.3) is 0 Å². The van der Waals surface area contributed by atoms with Crippen LogP contribution < -0.4 is 17.3 Å². The van der Waals surface area contributed by atoms with Crippen LogP contribution in [0.4, 0.5) is 5.69 Å². The molecule has 0 aliphatic carbocycles. The molecule has 23 heavy (non-hydrogen) atoms. The first-order valence-electron chi connectivity index (χ1n) is 7.23. The van der Waals surface area contributed by atoms with Gasteiger partial charge in [0, 0.05) is 5.02 Å². The minimum absolute atomic E-state index is 0. The van der Waals surface area contributed by atoms with Gasteiger partial charge in [-0.1, -0.05) is 29.8 Å². The molecule has 0 amide bonds. The van der Waals surface area contributed by atoms with Crippen LogP contribution in [-0.2, 0) is 10.0 Å². The van der Waals surface area contributed by atoms with Crippen LogP contribution in [0.5, 0.6) is 0 Å². The number of halogens is 2. The molecule has 4 nitrogen and oxygen atoms in total. The summed E-state index contributed by atoms with van der Waals surface area (Å²) >= 11 is 5.82. The van der Waals surface area contributed by atoms with Gasteiger partial charge in [-0.3, -0.25) is 0 Å². The average Bonchev–Trinajstić information content (AvgIpc) is 2.56. The van der Waals surface area contributed by atoms with E-state index in [9.17, 15) is 8.42 Å². The Hall–Kier alpha value is -1.11. The maximum absolute atomic E-state index is 12.6. The molecule has 0 radical (unpaired) electrons. The molecular weight excluding hydrogens is 355 g/mol. The summed E-state index contributed by atoms with van der Waals surface area (Å²) in [6.45, 7) is 2.60. The highest BCUT2D eigenvalue weighted by Gasteiger charge is 2.30. The van der Waals surface area contributed by atoms with Crippen LogP contribution in [0.1, 0.15) is 0 Å². The van der Waals surface area contributed by atoms with Crippen LogP contribution in [0, 0.1) is 0 Å². The van der Waals surface area contributed by atoms with Crippen molar-refractivity contribution in [2.75, 3.05) is 26.2 Å². The minimum atomic E-state index is -3.42. The Labute approximate surface area is 148 Å². The Morgan fingerprint density at radius 2 is 1.48 bits per heavy atom. The normalized spacial score (nSPS) is 16.7. The van der Waals surface area contributed by atoms with Gasteiger partial charge in [-0.25, -0.2) is 8.42 Å². The Morgan fingerprint density at radius 3 is 2.04 bits per heavy atom. The smallest absolute Gasteiger partial charge is 0.243 e. The van der Waals surface area contributed by atoms with Crippen molar-refractivity contribution in [2.45, 2.75) is 4.90 Å². The van der Waals surface area contributed by atoms with E-state index in [0.29, 0.717) is 23.0 Å². The summed E-state index contributed by atoms with van der Waals surface area (Å²) in [4.78, 5) is 1.63. The Morgan fingerprint density at radius 1 is 0.913 bits per heavy atom. The van der Waals surface area contributed by atoms with E-state index in [1.54, 1.807) is 28.6 Å². The van der Waals surface area contributed by atoms with E-state index in [1.165, 1.54) is 10.6 Å². The molecule has 2 aromatic carbocycles. The summed E-state index contributed by atoms with van der Waals surface area (Å²) in [7, 11) is -3.42. The topological polar surface area (TPSA) is 41.8 Å². The van der Waals surface area contributed by atoms with Gasteiger partial charge in [0.2, 0.25) is 10.0 Å². The van der Waals surface area contributed by atoms with Gasteiger partial charge in [0.05, 0.1) is 31.1 Å². The Kier molecular flexibility index (Phi) is 6.06. The van der Waals surface area contributed by atoms with Gasteiger partial charge in [0.1, 0.15) is 5.69 Å². The van der Waals surface area contributed by atoms with Crippen molar-refractivity contribution in [1.82, 2.24) is 4.31 Å². The number of hydrogen-bond acceptors (Lipinski definition) is 2. The lowest BCUT2D eigenvalue weighted by molar-refractivity contribution is -0.837. The second-order valence-electron chi connectivity index (χ2n) is 5.33. The van der Waals surface area contributed by atoms with Crippen molar-refractivity contribution in [1.29, 1.82) is 0 Å². The number of piperazine rings is 1. The molecule has 7 heteroatoms. The van der Waals surface area contributed by atoms with E-state index in [1.807, 2.05) is 18.2 Å². The molecule has 1 fully saturated rings. The third-order valence-electron chi connectivity index (χ3n) is 3.96. The summed E-state index contributed by atoms with van der Waals surface area (Å²) in [6, 6.07) is 16.5. The van der Waals surface area contributed by atoms with Crippen LogP contribution in [0.3, 0.4) is 0 Å². The van der Waals surface area contributed by atoms with E-state index >= 15 is 0 Å². The zero-order chi connectivity index (χ0) is 15.6. The van der Waals surface area contributed by atoms with E-state index in [4.69, 9.17) is 11.6 Å². The first kappa shape index (κ1) is 18.2. The highest BCUT2D eigenvalue weighted by molar-refractivity contribution is 7.89. The maximum atomic E-state index is 12.6. The van der Waals surface area contributed by atoms with E-state index < -0.39 is 10.0 Å². The lowest BCUT2D eigenvalue weighted by Crippen LogP contribution is -3.10. The Bertz CT molecular complexity index is 728. The van der Waals surface area contributed by atoms with Crippen molar-refractivity contribution >= 4 is 27.3 Å². The number of para-hydroxylation sites is 1. The van der Waals surface area contributed by atoms with Crippen LogP contribution in [0.15, 0.2) is 59.5 Å². The molecule has 0 unspecified atom stereocenters. The molecule has 2 aromatic rings. The molecule has 1 aliphatic heterocycles. The van der Waals surface area contributed by atoms with Gasteiger partial charge in [0.15, 0.2) is 0 Å². The van der Waals surface area contributed by atoms with Crippen molar-refractivity contribution in [2.24, 2.45) is 0 Å². The first-order chi connectivity index (χ1) is 10.6. The summed E-state index contributed by atoms with van der Waals surface area (Å²) < 4.78 is 26.8. The molecule has 1 aliphatic rings. The first-order valence-corrected chi connectivity index (χ1v) is 9.05. The largest absolute Gasteiger partial charge is 1.00 e. The molecule has 0 atom stereocenters.